The number of halogens is 1. The third kappa shape index (κ3) is 3.63. The first-order chi connectivity index (χ1) is 8.53. The predicted molar refractivity (Wildman–Crippen MR) is 78.9 cm³/mol. The molecular formula is C15H24ClNO. The van der Waals surface area contributed by atoms with Gasteiger partial charge in [-0.05, 0) is 32.5 Å². The predicted octanol–water partition coefficient (Wildman–Crippen LogP) is 3.93. The first-order valence-electron chi connectivity index (χ1n) is 6.55. The average Bonchev–Trinajstić information content (AvgIpc) is 2.34. The Balaban J connectivity index is 3.00. The van der Waals surface area contributed by atoms with Gasteiger partial charge in [0.05, 0.1) is 12.5 Å². The molecule has 0 saturated carbocycles. The SMILES string of the molecule is CCN(CC)CC(Cl)c1cc(C)cc(C)c1OC. The molecule has 0 radical (unpaired) electrons. The number of alkyl halides is 1. The summed E-state index contributed by atoms with van der Waals surface area (Å²) >= 11 is 6.56. The van der Waals surface area contributed by atoms with Crippen molar-refractivity contribution in [2.45, 2.75) is 33.1 Å². The summed E-state index contributed by atoms with van der Waals surface area (Å²) in [4.78, 5) is 2.33. The lowest BCUT2D eigenvalue weighted by Gasteiger charge is -2.23. The van der Waals surface area contributed by atoms with Crippen molar-refractivity contribution in [3.63, 3.8) is 0 Å². The molecule has 0 aromatic heterocycles. The van der Waals surface area contributed by atoms with E-state index in [1.54, 1.807) is 7.11 Å². The fourth-order valence-corrected chi connectivity index (χ4v) is 2.66. The lowest BCUT2D eigenvalue weighted by Crippen LogP contribution is -2.26. The Labute approximate surface area is 116 Å². The van der Waals surface area contributed by atoms with E-state index in [4.69, 9.17) is 16.3 Å². The van der Waals surface area contributed by atoms with Crippen LogP contribution in [-0.2, 0) is 0 Å². The van der Waals surface area contributed by atoms with Crippen LogP contribution in [0, 0.1) is 13.8 Å². The Morgan fingerprint density at radius 3 is 2.33 bits per heavy atom. The molecule has 1 atom stereocenters. The maximum Gasteiger partial charge on any atom is 0.126 e. The fraction of sp³-hybridized carbons (Fsp3) is 0.600. The molecule has 0 N–H and O–H groups in total. The Hall–Kier alpha value is -0.730. The minimum atomic E-state index is -0.0292. The summed E-state index contributed by atoms with van der Waals surface area (Å²) in [6.45, 7) is 11.4. The largest absolute Gasteiger partial charge is 0.496 e. The minimum absolute atomic E-state index is 0.0292. The highest BCUT2D eigenvalue weighted by atomic mass is 35.5. The number of nitrogens with zero attached hydrogens (tertiary/aromatic N) is 1. The number of likely N-dealkylation sites (N-methyl/N-ethyl adjacent to an activating group) is 1. The van der Waals surface area contributed by atoms with Crippen LogP contribution in [0.25, 0.3) is 0 Å². The van der Waals surface area contributed by atoms with Gasteiger partial charge in [0.1, 0.15) is 5.75 Å². The second-order valence-electron chi connectivity index (χ2n) is 4.66. The molecule has 0 amide bonds. The van der Waals surface area contributed by atoms with Gasteiger partial charge in [-0.3, -0.25) is 0 Å². The van der Waals surface area contributed by atoms with E-state index in [1.165, 1.54) is 5.56 Å². The highest BCUT2D eigenvalue weighted by Gasteiger charge is 2.18. The molecule has 2 nitrogen and oxygen atoms in total. The molecule has 102 valence electrons. The Morgan fingerprint density at radius 2 is 1.83 bits per heavy atom. The lowest BCUT2D eigenvalue weighted by molar-refractivity contribution is 0.301. The number of hydrogen-bond donors (Lipinski definition) is 0. The van der Waals surface area contributed by atoms with Crippen molar-refractivity contribution >= 4 is 11.6 Å². The Bertz CT molecular complexity index is 388. The summed E-state index contributed by atoms with van der Waals surface area (Å²) < 4.78 is 5.50. The minimum Gasteiger partial charge on any atom is -0.496 e. The molecule has 0 aliphatic carbocycles. The summed E-state index contributed by atoms with van der Waals surface area (Å²) in [7, 11) is 1.71. The first-order valence-corrected chi connectivity index (χ1v) is 6.98. The van der Waals surface area contributed by atoms with Gasteiger partial charge in [0.25, 0.3) is 0 Å². The van der Waals surface area contributed by atoms with Crippen molar-refractivity contribution in [3.8, 4) is 5.75 Å². The fourth-order valence-electron chi connectivity index (χ4n) is 2.31. The number of hydrogen-bond acceptors (Lipinski definition) is 2. The monoisotopic (exact) mass is 269 g/mol. The van der Waals surface area contributed by atoms with Gasteiger partial charge < -0.3 is 9.64 Å². The zero-order valence-corrected chi connectivity index (χ0v) is 12.8. The third-order valence-electron chi connectivity index (χ3n) is 3.30. The maximum atomic E-state index is 6.56. The molecule has 18 heavy (non-hydrogen) atoms. The number of methoxy groups -OCH3 is 1. The number of ether oxygens (including phenoxy) is 1. The average molecular weight is 270 g/mol. The standard InChI is InChI=1S/C15H24ClNO/c1-6-17(7-2)10-14(16)13-9-11(3)8-12(4)15(13)18-5/h8-9,14H,6-7,10H2,1-5H3. The summed E-state index contributed by atoms with van der Waals surface area (Å²) in [5, 5.41) is -0.0292. The highest BCUT2D eigenvalue weighted by molar-refractivity contribution is 6.21. The molecule has 0 saturated heterocycles. The van der Waals surface area contributed by atoms with E-state index in [9.17, 15) is 0 Å². The molecule has 0 spiro atoms. The molecule has 0 aliphatic rings. The zero-order valence-electron chi connectivity index (χ0n) is 12.1. The van der Waals surface area contributed by atoms with E-state index >= 15 is 0 Å². The van der Waals surface area contributed by atoms with E-state index in [2.05, 4.69) is 44.7 Å². The van der Waals surface area contributed by atoms with Crippen LogP contribution in [0.4, 0.5) is 0 Å². The molecule has 0 aliphatic heterocycles. The molecule has 0 fully saturated rings. The van der Waals surface area contributed by atoms with Crippen molar-refractivity contribution < 1.29 is 4.74 Å². The summed E-state index contributed by atoms with van der Waals surface area (Å²) in [5.41, 5.74) is 3.48. The van der Waals surface area contributed by atoms with Crippen LogP contribution in [0.5, 0.6) is 5.75 Å². The van der Waals surface area contributed by atoms with E-state index in [0.29, 0.717) is 0 Å². The van der Waals surface area contributed by atoms with Gasteiger partial charge in [-0.25, -0.2) is 0 Å². The maximum absolute atomic E-state index is 6.56. The molecule has 3 heteroatoms. The Morgan fingerprint density at radius 1 is 1.22 bits per heavy atom. The zero-order chi connectivity index (χ0) is 13.7. The van der Waals surface area contributed by atoms with Gasteiger partial charge in [0, 0.05) is 12.1 Å². The quantitative estimate of drug-likeness (QED) is 0.726. The third-order valence-corrected chi connectivity index (χ3v) is 3.68. The van der Waals surface area contributed by atoms with Crippen molar-refractivity contribution in [1.29, 1.82) is 0 Å². The number of aryl methyl sites for hydroxylation is 2. The van der Waals surface area contributed by atoms with Crippen LogP contribution in [-0.4, -0.2) is 31.6 Å². The van der Waals surface area contributed by atoms with Crippen molar-refractivity contribution in [2.24, 2.45) is 0 Å². The second-order valence-corrected chi connectivity index (χ2v) is 5.18. The highest BCUT2D eigenvalue weighted by Crippen LogP contribution is 2.34. The van der Waals surface area contributed by atoms with Gasteiger partial charge in [-0.2, -0.15) is 0 Å². The van der Waals surface area contributed by atoms with Gasteiger partial charge in [0.15, 0.2) is 0 Å². The molecule has 0 bridgehead atoms. The summed E-state index contributed by atoms with van der Waals surface area (Å²) in [6, 6.07) is 4.26. The van der Waals surface area contributed by atoms with E-state index in [0.717, 1.165) is 36.5 Å². The van der Waals surface area contributed by atoms with Gasteiger partial charge in [-0.1, -0.05) is 31.5 Å². The van der Waals surface area contributed by atoms with Gasteiger partial charge >= 0.3 is 0 Å². The molecule has 1 aromatic carbocycles. The first kappa shape index (κ1) is 15.3. The summed E-state index contributed by atoms with van der Waals surface area (Å²) in [6.07, 6.45) is 0. The smallest absolute Gasteiger partial charge is 0.126 e. The molecular weight excluding hydrogens is 246 g/mol. The molecule has 1 aromatic rings. The van der Waals surface area contributed by atoms with Crippen molar-refractivity contribution in [3.05, 3.63) is 28.8 Å². The van der Waals surface area contributed by atoms with E-state index < -0.39 is 0 Å². The molecule has 1 rings (SSSR count). The molecule has 1 unspecified atom stereocenters. The topological polar surface area (TPSA) is 12.5 Å². The number of rotatable bonds is 6. The second kappa shape index (κ2) is 7.01. The normalized spacial score (nSPS) is 12.8. The number of benzene rings is 1. The van der Waals surface area contributed by atoms with Crippen LogP contribution in [0.2, 0.25) is 0 Å². The van der Waals surface area contributed by atoms with Crippen molar-refractivity contribution in [1.82, 2.24) is 4.90 Å². The van der Waals surface area contributed by atoms with E-state index in [1.807, 2.05) is 0 Å². The van der Waals surface area contributed by atoms with Crippen LogP contribution in [0.3, 0.4) is 0 Å². The van der Waals surface area contributed by atoms with Gasteiger partial charge in [-0.15, -0.1) is 11.6 Å². The summed E-state index contributed by atoms with van der Waals surface area (Å²) in [5.74, 6) is 0.924. The molecule has 0 heterocycles. The van der Waals surface area contributed by atoms with Crippen LogP contribution in [0.15, 0.2) is 12.1 Å². The van der Waals surface area contributed by atoms with E-state index in [-0.39, 0.29) is 5.38 Å². The van der Waals surface area contributed by atoms with Crippen LogP contribution < -0.4 is 4.74 Å². The van der Waals surface area contributed by atoms with Crippen LogP contribution in [0.1, 0.15) is 35.9 Å². The lowest BCUT2D eigenvalue weighted by atomic mass is 10.0. The van der Waals surface area contributed by atoms with Crippen molar-refractivity contribution in [2.75, 3.05) is 26.7 Å². The Kier molecular flexibility index (Phi) is 5.97. The van der Waals surface area contributed by atoms with Gasteiger partial charge in [0.2, 0.25) is 0 Å². The van der Waals surface area contributed by atoms with Crippen LogP contribution >= 0.6 is 11.6 Å².